The van der Waals surface area contributed by atoms with Crippen LogP contribution in [-0.2, 0) is 9.53 Å². The molecular weight excluding hydrogens is 318 g/mol. The summed E-state index contributed by atoms with van der Waals surface area (Å²) >= 11 is 0. The minimum absolute atomic E-state index is 0.0143. The second kappa shape index (κ2) is 10.0. The molecule has 3 amide bonds. The van der Waals surface area contributed by atoms with Gasteiger partial charge in [0.15, 0.2) is 0 Å². The van der Waals surface area contributed by atoms with Crippen LogP contribution in [0, 0.1) is 5.92 Å². The molecular formula is C19H29N3O3. The average Bonchev–Trinajstić information content (AvgIpc) is 2.61. The molecule has 1 saturated heterocycles. The molecule has 1 fully saturated rings. The number of urea groups is 1. The zero-order valence-electron chi connectivity index (χ0n) is 15.2. The summed E-state index contributed by atoms with van der Waals surface area (Å²) < 4.78 is 5.36. The minimum Gasteiger partial charge on any atom is -0.381 e. The number of hydrogen-bond donors (Lipinski definition) is 2. The normalized spacial score (nSPS) is 14.8. The van der Waals surface area contributed by atoms with Crippen LogP contribution in [0.15, 0.2) is 24.3 Å². The fourth-order valence-electron chi connectivity index (χ4n) is 2.86. The maximum atomic E-state index is 12.3. The van der Waals surface area contributed by atoms with E-state index in [0.29, 0.717) is 23.7 Å². The number of rotatable bonds is 7. The van der Waals surface area contributed by atoms with Gasteiger partial charge in [0, 0.05) is 44.6 Å². The topological polar surface area (TPSA) is 70.7 Å². The molecule has 1 heterocycles. The zero-order valence-corrected chi connectivity index (χ0v) is 15.2. The van der Waals surface area contributed by atoms with Crippen molar-refractivity contribution in [3.8, 4) is 0 Å². The lowest BCUT2D eigenvalue weighted by Gasteiger charge is -2.25. The summed E-state index contributed by atoms with van der Waals surface area (Å²) in [5.74, 6) is 0.626. The largest absolute Gasteiger partial charge is 0.381 e. The first kappa shape index (κ1) is 19.2. The van der Waals surface area contributed by atoms with Crippen molar-refractivity contribution in [1.82, 2.24) is 4.90 Å². The van der Waals surface area contributed by atoms with Crippen LogP contribution in [0.3, 0.4) is 0 Å². The van der Waals surface area contributed by atoms with E-state index in [0.717, 1.165) is 45.4 Å². The predicted molar refractivity (Wildman–Crippen MR) is 99.8 cm³/mol. The molecule has 25 heavy (non-hydrogen) atoms. The first-order valence-electron chi connectivity index (χ1n) is 9.08. The quantitative estimate of drug-likeness (QED) is 0.790. The Morgan fingerprint density at radius 3 is 2.56 bits per heavy atom. The summed E-state index contributed by atoms with van der Waals surface area (Å²) in [6, 6.07) is 7.10. The number of carbonyl (C=O) groups excluding carboxylic acids is 2. The van der Waals surface area contributed by atoms with Crippen LogP contribution in [0.2, 0.25) is 0 Å². The second-order valence-corrected chi connectivity index (χ2v) is 6.58. The van der Waals surface area contributed by atoms with Gasteiger partial charge in [-0.2, -0.15) is 0 Å². The molecule has 0 aliphatic carbocycles. The molecule has 2 N–H and O–H groups in total. The van der Waals surface area contributed by atoms with Crippen LogP contribution in [-0.4, -0.2) is 43.6 Å². The Labute approximate surface area is 149 Å². The number of nitrogens with one attached hydrogen (secondary N) is 2. The van der Waals surface area contributed by atoms with Gasteiger partial charge < -0.3 is 20.3 Å². The van der Waals surface area contributed by atoms with Crippen molar-refractivity contribution in [2.75, 3.05) is 37.4 Å². The van der Waals surface area contributed by atoms with Gasteiger partial charge in [0.2, 0.25) is 5.91 Å². The van der Waals surface area contributed by atoms with Gasteiger partial charge >= 0.3 is 6.03 Å². The third-order valence-electron chi connectivity index (χ3n) is 4.43. The number of nitrogens with zero attached hydrogens (tertiary/aromatic N) is 1. The Bertz CT molecular complexity index is 571. The molecule has 1 aromatic carbocycles. The lowest BCUT2D eigenvalue weighted by molar-refractivity contribution is -0.116. The number of benzene rings is 1. The summed E-state index contributed by atoms with van der Waals surface area (Å²) in [5.41, 5.74) is 1.37. The summed E-state index contributed by atoms with van der Waals surface area (Å²) in [6.07, 6.45) is 4.45. The van der Waals surface area contributed by atoms with Gasteiger partial charge in [-0.15, -0.1) is 0 Å². The van der Waals surface area contributed by atoms with Crippen molar-refractivity contribution in [3.63, 3.8) is 0 Å². The Morgan fingerprint density at radius 2 is 1.88 bits per heavy atom. The van der Waals surface area contributed by atoms with E-state index in [1.807, 2.05) is 32.2 Å². The summed E-state index contributed by atoms with van der Waals surface area (Å²) in [5, 5.41) is 5.72. The molecule has 0 radical (unpaired) electrons. The molecule has 1 aliphatic rings. The highest BCUT2D eigenvalue weighted by molar-refractivity contribution is 5.93. The summed E-state index contributed by atoms with van der Waals surface area (Å²) in [4.78, 5) is 25.7. The Kier molecular flexibility index (Phi) is 7.73. The number of hydrogen-bond acceptors (Lipinski definition) is 3. The average molecular weight is 347 g/mol. The van der Waals surface area contributed by atoms with Gasteiger partial charge in [-0.25, -0.2) is 4.79 Å². The maximum Gasteiger partial charge on any atom is 0.321 e. The lowest BCUT2D eigenvalue weighted by Crippen LogP contribution is -2.33. The van der Waals surface area contributed by atoms with Gasteiger partial charge in [-0.05, 0) is 49.8 Å². The molecule has 1 aliphatic heterocycles. The maximum absolute atomic E-state index is 12.3. The van der Waals surface area contributed by atoms with Crippen LogP contribution in [0.1, 0.15) is 39.0 Å². The fraction of sp³-hybridized carbons (Fsp3) is 0.579. The third kappa shape index (κ3) is 6.74. The molecule has 0 saturated carbocycles. The first-order chi connectivity index (χ1) is 12.1. The number of ether oxygens (including phenoxy) is 1. The highest BCUT2D eigenvalue weighted by Crippen LogP contribution is 2.19. The Hall–Kier alpha value is -2.08. The van der Waals surface area contributed by atoms with Crippen molar-refractivity contribution in [1.29, 1.82) is 0 Å². The molecule has 6 nitrogen and oxygen atoms in total. The molecule has 0 bridgehead atoms. The van der Waals surface area contributed by atoms with Crippen LogP contribution in [0.4, 0.5) is 16.2 Å². The SMILES string of the molecule is CCCC(=O)Nc1cccc(NC(=O)N(C)CCC2CCOCC2)c1. The second-order valence-electron chi connectivity index (χ2n) is 6.58. The molecule has 0 unspecified atom stereocenters. The molecule has 138 valence electrons. The molecule has 0 aromatic heterocycles. The Morgan fingerprint density at radius 1 is 1.20 bits per heavy atom. The number of anilines is 2. The van der Waals surface area contributed by atoms with E-state index in [1.165, 1.54) is 0 Å². The smallest absolute Gasteiger partial charge is 0.321 e. The third-order valence-corrected chi connectivity index (χ3v) is 4.43. The molecule has 2 rings (SSSR count). The zero-order chi connectivity index (χ0) is 18.1. The van der Waals surface area contributed by atoms with E-state index in [-0.39, 0.29) is 11.9 Å². The van der Waals surface area contributed by atoms with Gasteiger partial charge in [0.05, 0.1) is 0 Å². The van der Waals surface area contributed by atoms with E-state index < -0.39 is 0 Å². The van der Waals surface area contributed by atoms with Crippen molar-refractivity contribution < 1.29 is 14.3 Å². The monoisotopic (exact) mass is 347 g/mol. The van der Waals surface area contributed by atoms with Gasteiger partial charge in [0.1, 0.15) is 0 Å². The van der Waals surface area contributed by atoms with Crippen molar-refractivity contribution in [3.05, 3.63) is 24.3 Å². The van der Waals surface area contributed by atoms with E-state index in [9.17, 15) is 9.59 Å². The molecule has 6 heteroatoms. The summed E-state index contributed by atoms with van der Waals surface area (Å²) in [6.45, 7) is 4.35. The van der Waals surface area contributed by atoms with Crippen LogP contribution >= 0.6 is 0 Å². The first-order valence-corrected chi connectivity index (χ1v) is 9.08. The van der Waals surface area contributed by atoms with Gasteiger partial charge in [-0.1, -0.05) is 13.0 Å². The van der Waals surface area contributed by atoms with Crippen molar-refractivity contribution in [2.45, 2.75) is 39.0 Å². The van der Waals surface area contributed by atoms with Crippen molar-refractivity contribution >= 4 is 23.3 Å². The van der Waals surface area contributed by atoms with Gasteiger partial charge in [-0.3, -0.25) is 4.79 Å². The van der Waals surface area contributed by atoms with Crippen LogP contribution in [0.5, 0.6) is 0 Å². The molecule has 1 aromatic rings. The van der Waals surface area contributed by atoms with Crippen LogP contribution < -0.4 is 10.6 Å². The van der Waals surface area contributed by atoms with E-state index >= 15 is 0 Å². The lowest BCUT2D eigenvalue weighted by atomic mass is 9.96. The van der Waals surface area contributed by atoms with E-state index in [4.69, 9.17) is 4.74 Å². The number of carbonyl (C=O) groups is 2. The predicted octanol–water partition coefficient (Wildman–Crippen LogP) is 3.71. The van der Waals surface area contributed by atoms with E-state index in [1.54, 1.807) is 11.0 Å². The minimum atomic E-state index is -0.135. The van der Waals surface area contributed by atoms with Gasteiger partial charge in [0.25, 0.3) is 0 Å². The standard InChI is InChI=1S/C19H29N3O3/c1-3-5-18(23)20-16-6-4-7-17(14-16)21-19(24)22(2)11-8-15-9-12-25-13-10-15/h4,6-7,14-15H,3,5,8-13H2,1-2H3,(H,20,23)(H,21,24). The Balaban J connectivity index is 1.81. The van der Waals surface area contributed by atoms with Crippen LogP contribution in [0.25, 0.3) is 0 Å². The highest BCUT2D eigenvalue weighted by Gasteiger charge is 2.16. The van der Waals surface area contributed by atoms with E-state index in [2.05, 4.69) is 10.6 Å². The fourth-order valence-corrected chi connectivity index (χ4v) is 2.86. The van der Waals surface area contributed by atoms with Crippen molar-refractivity contribution in [2.24, 2.45) is 5.92 Å². The summed E-state index contributed by atoms with van der Waals surface area (Å²) in [7, 11) is 1.81. The molecule has 0 spiro atoms. The highest BCUT2D eigenvalue weighted by atomic mass is 16.5. The number of amides is 3. The molecule has 0 atom stereocenters.